The molecular formula is C23H24FN3O2. The number of nitrogens with zero attached hydrogens (tertiary/aromatic N) is 3. The zero-order valence-corrected chi connectivity index (χ0v) is 16.5. The van der Waals surface area contributed by atoms with Crippen LogP contribution in [-0.2, 0) is 11.2 Å². The van der Waals surface area contributed by atoms with Crippen LogP contribution >= 0.6 is 0 Å². The van der Waals surface area contributed by atoms with E-state index in [9.17, 15) is 9.18 Å². The number of benzene rings is 2. The van der Waals surface area contributed by atoms with Gasteiger partial charge in [-0.05, 0) is 42.3 Å². The average molecular weight is 393 g/mol. The molecule has 2 heterocycles. The number of carbonyl (C=O) groups is 1. The van der Waals surface area contributed by atoms with E-state index in [4.69, 9.17) is 4.74 Å². The van der Waals surface area contributed by atoms with E-state index in [1.807, 2.05) is 35.2 Å². The summed E-state index contributed by atoms with van der Waals surface area (Å²) in [5.74, 6) is 0.721. The van der Waals surface area contributed by atoms with Gasteiger partial charge in [-0.15, -0.1) is 0 Å². The number of hydrogen-bond acceptors (Lipinski definition) is 4. The van der Waals surface area contributed by atoms with Gasteiger partial charge in [0, 0.05) is 55.9 Å². The zero-order chi connectivity index (χ0) is 20.2. The Hall–Kier alpha value is -3.15. The Balaban J connectivity index is 1.35. The Morgan fingerprint density at radius 2 is 1.83 bits per heavy atom. The molecular weight excluding hydrogens is 369 g/mol. The number of pyridine rings is 1. The number of methoxy groups -OCH3 is 1. The van der Waals surface area contributed by atoms with Crippen LogP contribution in [0.15, 0.2) is 54.7 Å². The van der Waals surface area contributed by atoms with Crippen molar-refractivity contribution in [2.45, 2.75) is 12.8 Å². The molecule has 2 aromatic carbocycles. The van der Waals surface area contributed by atoms with Crippen LogP contribution in [0.4, 0.5) is 10.1 Å². The lowest BCUT2D eigenvalue weighted by atomic mass is 10.1. The lowest BCUT2D eigenvalue weighted by molar-refractivity contribution is -0.131. The Morgan fingerprint density at radius 1 is 1.07 bits per heavy atom. The van der Waals surface area contributed by atoms with Crippen LogP contribution in [0.2, 0.25) is 0 Å². The van der Waals surface area contributed by atoms with Crippen LogP contribution in [0, 0.1) is 5.82 Å². The molecule has 0 aliphatic carbocycles. The maximum Gasteiger partial charge on any atom is 0.223 e. The first kappa shape index (κ1) is 19.2. The maximum absolute atomic E-state index is 13.5. The number of amides is 1. The predicted octanol–water partition coefficient (Wildman–Crippen LogP) is 3.66. The largest absolute Gasteiger partial charge is 0.497 e. The van der Waals surface area contributed by atoms with E-state index < -0.39 is 0 Å². The quantitative estimate of drug-likeness (QED) is 0.664. The third-order valence-corrected chi connectivity index (χ3v) is 5.44. The number of aromatic nitrogens is 1. The van der Waals surface area contributed by atoms with Crippen molar-refractivity contribution in [1.82, 2.24) is 9.88 Å². The molecule has 3 aromatic rings. The Bertz CT molecular complexity index is 999. The number of ether oxygens (including phenoxy) is 1. The van der Waals surface area contributed by atoms with Crippen LogP contribution < -0.4 is 9.64 Å². The molecule has 1 aliphatic rings. The summed E-state index contributed by atoms with van der Waals surface area (Å²) in [6, 6.07) is 14.5. The monoisotopic (exact) mass is 393 g/mol. The molecule has 0 saturated carbocycles. The van der Waals surface area contributed by atoms with Gasteiger partial charge in [0.2, 0.25) is 5.91 Å². The number of fused-ring (bicyclic) bond motifs is 1. The summed E-state index contributed by atoms with van der Waals surface area (Å²) in [6.07, 6.45) is 2.94. The van der Waals surface area contributed by atoms with Gasteiger partial charge < -0.3 is 14.5 Å². The minimum Gasteiger partial charge on any atom is -0.497 e. The predicted molar refractivity (Wildman–Crippen MR) is 112 cm³/mol. The normalized spacial score (nSPS) is 14.3. The molecule has 1 aromatic heterocycles. The molecule has 29 heavy (non-hydrogen) atoms. The molecule has 4 rings (SSSR count). The first-order valence-corrected chi connectivity index (χ1v) is 9.84. The van der Waals surface area contributed by atoms with Crippen LogP contribution in [0.5, 0.6) is 5.75 Å². The summed E-state index contributed by atoms with van der Waals surface area (Å²) in [5.41, 5.74) is 2.83. The topological polar surface area (TPSA) is 45.7 Å². The summed E-state index contributed by atoms with van der Waals surface area (Å²) in [5, 5.41) is 0.938. The summed E-state index contributed by atoms with van der Waals surface area (Å²) in [4.78, 5) is 21.1. The second-order valence-electron chi connectivity index (χ2n) is 7.21. The van der Waals surface area contributed by atoms with Crippen molar-refractivity contribution in [1.29, 1.82) is 0 Å². The van der Waals surface area contributed by atoms with Crippen LogP contribution in [0.3, 0.4) is 0 Å². The second kappa shape index (κ2) is 8.47. The summed E-state index contributed by atoms with van der Waals surface area (Å²) < 4.78 is 18.6. The van der Waals surface area contributed by atoms with Gasteiger partial charge in [-0.25, -0.2) is 4.39 Å². The molecule has 5 nitrogen and oxygen atoms in total. The SMILES string of the molecule is COc1ccc(CCC(=O)N2CCN(c3ccnc4cc(F)ccc34)CC2)cc1. The Kier molecular flexibility index (Phi) is 5.60. The smallest absolute Gasteiger partial charge is 0.223 e. The molecule has 150 valence electrons. The second-order valence-corrected chi connectivity index (χ2v) is 7.21. The maximum atomic E-state index is 13.5. The van der Waals surface area contributed by atoms with E-state index in [-0.39, 0.29) is 11.7 Å². The van der Waals surface area contributed by atoms with Gasteiger partial charge in [-0.1, -0.05) is 12.1 Å². The number of rotatable bonds is 5. The summed E-state index contributed by atoms with van der Waals surface area (Å²) in [6.45, 7) is 2.88. The minimum atomic E-state index is -0.283. The van der Waals surface area contributed by atoms with Gasteiger partial charge in [0.15, 0.2) is 0 Å². The van der Waals surface area contributed by atoms with Crippen molar-refractivity contribution in [2.24, 2.45) is 0 Å². The number of piperazine rings is 1. The van der Waals surface area contributed by atoms with Crippen molar-refractivity contribution in [3.63, 3.8) is 0 Å². The average Bonchev–Trinajstić information content (AvgIpc) is 2.77. The third kappa shape index (κ3) is 4.31. The standard InChI is InChI=1S/C23H24FN3O2/c1-29-19-6-2-17(3-7-19)4-9-23(28)27-14-12-26(13-15-27)22-10-11-25-21-16-18(24)5-8-20(21)22/h2-3,5-8,10-11,16H,4,9,12-15H2,1H3. The van der Waals surface area contributed by atoms with Crippen molar-refractivity contribution in [3.05, 3.63) is 66.1 Å². The van der Waals surface area contributed by atoms with E-state index in [2.05, 4.69) is 9.88 Å². The first-order valence-electron chi connectivity index (χ1n) is 9.84. The van der Waals surface area contributed by atoms with Gasteiger partial charge in [0.25, 0.3) is 0 Å². The van der Waals surface area contributed by atoms with Crippen molar-refractivity contribution < 1.29 is 13.9 Å². The summed E-state index contributed by atoms with van der Waals surface area (Å²) in [7, 11) is 1.64. The molecule has 6 heteroatoms. The van der Waals surface area contributed by atoms with E-state index in [1.165, 1.54) is 12.1 Å². The molecule has 1 aliphatic heterocycles. The summed E-state index contributed by atoms with van der Waals surface area (Å²) >= 11 is 0. The van der Waals surface area contributed by atoms with Gasteiger partial charge in [0.1, 0.15) is 11.6 Å². The number of carbonyl (C=O) groups excluding carboxylic acids is 1. The molecule has 0 spiro atoms. The van der Waals surface area contributed by atoms with E-state index >= 15 is 0 Å². The number of hydrogen-bond donors (Lipinski definition) is 0. The van der Waals surface area contributed by atoms with Crippen LogP contribution in [0.1, 0.15) is 12.0 Å². The van der Waals surface area contributed by atoms with Gasteiger partial charge in [-0.2, -0.15) is 0 Å². The number of aryl methyl sites for hydroxylation is 1. The van der Waals surface area contributed by atoms with Crippen LogP contribution in [-0.4, -0.2) is 49.1 Å². The van der Waals surface area contributed by atoms with Gasteiger partial charge >= 0.3 is 0 Å². The fraction of sp³-hybridized carbons (Fsp3) is 0.304. The molecule has 0 unspecified atom stereocenters. The molecule has 0 N–H and O–H groups in total. The van der Waals surface area contributed by atoms with Gasteiger partial charge in [-0.3, -0.25) is 9.78 Å². The molecule has 0 atom stereocenters. The molecule has 1 fully saturated rings. The molecule has 1 saturated heterocycles. The zero-order valence-electron chi connectivity index (χ0n) is 16.5. The number of halogens is 1. The van der Waals surface area contributed by atoms with E-state index in [1.54, 1.807) is 19.4 Å². The third-order valence-electron chi connectivity index (χ3n) is 5.44. The van der Waals surface area contributed by atoms with Crippen molar-refractivity contribution >= 4 is 22.5 Å². The minimum absolute atomic E-state index is 0.183. The van der Waals surface area contributed by atoms with E-state index in [0.29, 0.717) is 25.0 Å². The first-order chi connectivity index (χ1) is 14.1. The highest BCUT2D eigenvalue weighted by Gasteiger charge is 2.22. The van der Waals surface area contributed by atoms with Crippen molar-refractivity contribution in [3.8, 4) is 5.75 Å². The lowest BCUT2D eigenvalue weighted by Gasteiger charge is -2.36. The fourth-order valence-electron chi connectivity index (χ4n) is 3.78. The van der Waals surface area contributed by atoms with Crippen molar-refractivity contribution in [2.75, 3.05) is 38.2 Å². The molecule has 1 amide bonds. The fourth-order valence-corrected chi connectivity index (χ4v) is 3.78. The lowest BCUT2D eigenvalue weighted by Crippen LogP contribution is -2.48. The molecule has 0 radical (unpaired) electrons. The van der Waals surface area contributed by atoms with Crippen LogP contribution in [0.25, 0.3) is 10.9 Å². The number of anilines is 1. The highest BCUT2D eigenvalue weighted by molar-refractivity contribution is 5.91. The van der Waals surface area contributed by atoms with Gasteiger partial charge in [0.05, 0.1) is 12.6 Å². The van der Waals surface area contributed by atoms with E-state index in [0.717, 1.165) is 41.9 Å². The highest BCUT2D eigenvalue weighted by atomic mass is 19.1. The molecule has 0 bridgehead atoms. The Labute approximate surface area is 169 Å². The highest BCUT2D eigenvalue weighted by Crippen LogP contribution is 2.27. The Morgan fingerprint density at radius 3 is 2.55 bits per heavy atom.